The maximum atomic E-state index is 12.6. The molecule has 23 heavy (non-hydrogen) atoms. The first-order chi connectivity index (χ1) is 10.8. The molecule has 0 aromatic heterocycles. The molecular weight excluding hydrogens is 312 g/mol. The highest BCUT2D eigenvalue weighted by Gasteiger charge is 2.23. The molecule has 6 heteroatoms. The fourth-order valence-corrected chi connectivity index (χ4v) is 3.93. The van der Waals surface area contributed by atoms with Crippen molar-refractivity contribution in [3.8, 4) is 5.75 Å². The first kappa shape index (κ1) is 17.5. The van der Waals surface area contributed by atoms with Crippen molar-refractivity contribution in [1.29, 1.82) is 0 Å². The molecule has 1 atom stereocenters. The molecule has 2 aromatic rings. The summed E-state index contributed by atoms with van der Waals surface area (Å²) < 4.78 is 33.1. The summed E-state index contributed by atoms with van der Waals surface area (Å²) >= 11 is 0. The average molecular weight is 334 g/mol. The highest BCUT2D eigenvalue weighted by molar-refractivity contribution is 7.89. The average Bonchev–Trinajstić information content (AvgIpc) is 2.52. The largest absolute Gasteiger partial charge is 0.495 e. The Bertz CT molecular complexity index is 774. The Kier molecular flexibility index (Phi) is 5.41. The molecule has 5 nitrogen and oxygen atoms in total. The van der Waals surface area contributed by atoms with Crippen molar-refractivity contribution in [3.63, 3.8) is 0 Å². The van der Waals surface area contributed by atoms with Crippen molar-refractivity contribution in [2.45, 2.75) is 24.8 Å². The number of nitrogens with two attached hydrogens (primary N) is 1. The molecule has 2 aromatic carbocycles. The zero-order valence-corrected chi connectivity index (χ0v) is 14.4. The number of benzene rings is 2. The highest BCUT2D eigenvalue weighted by atomic mass is 32.2. The van der Waals surface area contributed by atoms with Gasteiger partial charge in [0.05, 0.1) is 7.11 Å². The second kappa shape index (κ2) is 7.12. The summed E-state index contributed by atoms with van der Waals surface area (Å²) in [5, 5.41) is 0. The molecule has 0 aliphatic heterocycles. The molecule has 0 radical (unpaired) electrons. The molecule has 0 saturated heterocycles. The Morgan fingerprint density at radius 3 is 2.43 bits per heavy atom. The van der Waals surface area contributed by atoms with Gasteiger partial charge in [0.15, 0.2) is 0 Å². The minimum Gasteiger partial charge on any atom is -0.495 e. The molecule has 124 valence electrons. The van der Waals surface area contributed by atoms with Gasteiger partial charge in [-0.15, -0.1) is 0 Å². The summed E-state index contributed by atoms with van der Waals surface area (Å²) in [6.07, 6.45) is 0. The number of sulfonamides is 1. The minimum absolute atomic E-state index is 0.114. The normalized spacial score (nSPS) is 12.9. The maximum Gasteiger partial charge on any atom is 0.244 e. The van der Waals surface area contributed by atoms with Crippen LogP contribution in [0.1, 0.15) is 22.7 Å². The first-order valence-corrected chi connectivity index (χ1v) is 8.79. The smallest absolute Gasteiger partial charge is 0.244 e. The van der Waals surface area contributed by atoms with Gasteiger partial charge in [0.25, 0.3) is 0 Å². The van der Waals surface area contributed by atoms with Crippen LogP contribution in [0.5, 0.6) is 5.75 Å². The monoisotopic (exact) mass is 334 g/mol. The lowest BCUT2D eigenvalue weighted by Gasteiger charge is -2.17. The van der Waals surface area contributed by atoms with E-state index in [2.05, 4.69) is 4.72 Å². The van der Waals surface area contributed by atoms with E-state index in [1.54, 1.807) is 13.0 Å². The van der Waals surface area contributed by atoms with Crippen molar-refractivity contribution >= 4 is 10.0 Å². The van der Waals surface area contributed by atoms with E-state index in [4.69, 9.17) is 10.5 Å². The Hall–Kier alpha value is -1.89. The van der Waals surface area contributed by atoms with Crippen molar-refractivity contribution in [2.75, 3.05) is 13.7 Å². The molecule has 0 aliphatic carbocycles. The summed E-state index contributed by atoms with van der Waals surface area (Å²) in [4.78, 5) is 0.158. The van der Waals surface area contributed by atoms with Crippen LogP contribution in [-0.4, -0.2) is 22.1 Å². The number of hydrogen-bond acceptors (Lipinski definition) is 4. The second-order valence-corrected chi connectivity index (χ2v) is 7.19. The van der Waals surface area contributed by atoms with Gasteiger partial charge >= 0.3 is 0 Å². The molecule has 0 aliphatic rings. The Morgan fingerprint density at radius 1 is 1.17 bits per heavy atom. The zero-order chi connectivity index (χ0) is 17.0. The van der Waals surface area contributed by atoms with Gasteiger partial charge in [0, 0.05) is 12.6 Å². The summed E-state index contributed by atoms with van der Waals surface area (Å²) in [6.45, 7) is 3.76. The summed E-state index contributed by atoms with van der Waals surface area (Å²) in [5.41, 5.74) is 8.52. The van der Waals surface area contributed by atoms with Crippen LogP contribution in [0.2, 0.25) is 0 Å². The zero-order valence-electron chi connectivity index (χ0n) is 13.5. The van der Waals surface area contributed by atoms with Crippen LogP contribution < -0.4 is 15.2 Å². The third-order valence-corrected chi connectivity index (χ3v) is 5.20. The SMILES string of the molecule is COc1cc(C)cc(C)c1S(=O)(=O)NCC(N)c1ccccc1. The summed E-state index contributed by atoms with van der Waals surface area (Å²) in [7, 11) is -2.25. The molecule has 0 amide bonds. The minimum atomic E-state index is -3.71. The van der Waals surface area contributed by atoms with E-state index < -0.39 is 16.1 Å². The fourth-order valence-electron chi connectivity index (χ4n) is 2.50. The lowest BCUT2D eigenvalue weighted by atomic mass is 10.1. The van der Waals surface area contributed by atoms with E-state index in [9.17, 15) is 8.42 Å². The topological polar surface area (TPSA) is 81.4 Å². The quantitative estimate of drug-likeness (QED) is 0.849. The van der Waals surface area contributed by atoms with Gasteiger partial charge < -0.3 is 10.5 Å². The Morgan fingerprint density at radius 2 is 1.83 bits per heavy atom. The number of hydrogen-bond donors (Lipinski definition) is 2. The van der Waals surface area contributed by atoms with E-state index in [1.807, 2.05) is 43.3 Å². The third-order valence-electron chi connectivity index (χ3n) is 3.59. The van der Waals surface area contributed by atoms with E-state index in [1.165, 1.54) is 7.11 Å². The van der Waals surface area contributed by atoms with Crippen molar-refractivity contribution in [3.05, 3.63) is 59.2 Å². The first-order valence-electron chi connectivity index (χ1n) is 7.30. The molecule has 0 heterocycles. The molecule has 0 saturated carbocycles. The van der Waals surface area contributed by atoms with Gasteiger partial charge in [0.2, 0.25) is 10.0 Å². The predicted octanol–water partition coefficient (Wildman–Crippen LogP) is 2.29. The van der Waals surface area contributed by atoms with Crippen LogP contribution in [0, 0.1) is 13.8 Å². The number of rotatable bonds is 6. The fraction of sp³-hybridized carbons (Fsp3) is 0.294. The van der Waals surface area contributed by atoms with Crippen LogP contribution in [0.25, 0.3) is 0 Å². The number of aryl methyl sites for hydroxylation is 2. The summed E-state index contributed by atoms with van der Waals surface area (Å²) in [6, 6.07) is 12.5. The molecular formula is C17H22N2O3S. The van der Waals surface area contributed by atoms with Gasteiger partial charge in [-0.3, -0.25) is 0 Å². The van der Waals surface area contributed by atoms with Crippen LogP contribution in [0.15, 0.2) is 47.4 Å². The molecule has 2 rings (SSSR count). The highest BCUT2D eigenvalue weighted by Crippen LogP contribution is 2.28. The Labute approximate surface area is 137 Å². The molecule has 0 fully saturated rings. The van der Waals surface area contributed by atoms with Crippen LogP contribution >= 0.6 is 0 Å². The standard InChI is InChI=1S/C17H22N2O3S/c1-12-9-13(2)17(16(10-12)22-3)23(20,21)19-11-15(18)14-7-5-4-6-8-14/h4-10,15,19H,11,18H2,1-3H3. The van der Waals surface area contributed by atoms with E-state index in [0.717, 1.165) is 11.1 Å². The van der Waals surface area contributed by atoms with Crippen LogP contribution in [0.3, 0.4) is 0 Å². The molecule has 0 spiro atoms. The lowest BCUT2D eigenvalue weighted by Crippen LogP contribution is -2.32. The van der Waals surface area contributed by atoms with E-state index in [-0.39, 0.29) is 11.4 Å². The van der Waals surface area contributed by atoms with E-state index >= 15 is 0 Å². The maximum absolute atomic E-state index is 12.6. The predicted molar refractivity (Wildman–Crippen MR) is 91.0 cm³/mol. The lowest BCUT2D eigenvalue weighted by molar-refractivity contribution is 0.401. The molecule has 1 unspecified atom stereocenters. The third kappa shape index (κ3) is 4.10. The molecule has 0 bridgehead atoms. The number of ether oxygens (including phenoxy) is 1. The van der Waals surface area contributed by atoms with Crippen molar-refractivity contribution in [1.82, 2.24) is 4.72 Å². The second-order valence-electron chi connectivity index (χ2n) is 5.48. The molecule has 3 N–H and O–H groups in total. The Balaban J connectivity index is 2.23. The van der Waals surface area contributed by atoms with Gasteiger partial charge in [-0.2, -0.15) is 0 Å². The van der Waals surface area contributed by atoms with Gasteiger partial charge in [-0.25, -0.2) is 13.1 Å². The number of methoxy groups -OCH3 is 1. The van der Waals surface area contributed by atoms with Gasteiger partial charge in [-0.1, -0.05) is 36.4 Å². The van der Waals surface area contributed by atoms with Crippen LogP contribution in [-0.2, 0) is 10.0 Å². The van der Waals surface area contributed by atoms with Gasteiger partial charge in [-0.05, 0) is 36.6 Å². The van der Waals surface area contributed by atoms with Crippen LogP contribution in [0.4, 0.5) is 0 Å². The van der Waals surface area contributed by atoms with Crippen molar-refractivity contribution in [2.24, 2.45) is 5.73 Å². The summed E-state index contributed by atoms with van der Waals surface area (Å²) in [5.74, 6) is 0.336. The number of nitrogens with one attached hydrogen (secondary N) is 1. The van der Waals surface area contributed by atoms with Crippen molar-refractivity contribution < 1.29 is 13.2 Å². The van der Waals surface area contributed by atoms with E-state index in [0.29, 0.717) is 11.3 Å². The van der Waals surface area contributed by atoms with Gasteiger partial charge in [0.1, 0.15) is 10.6 Å².